The van der Waals surface area contributed by atoms with Crippen LogP contribution in [0.15, 0.2) is 17.6 Å². The molecule has 0 saturated heterocycles. The van der Waals surface area contributed by atoms with E-state index in [4.69, 9.17) is 11.5 Å². The van der Waals surface area contributed by atoms with Crippen molar-refractivity contribution < 1.29 is 0 Å². The number of thiophene rings is 1. The zero-order chi connectivity index (χ0) is 7.84. The molecule has 0 radical (unpaired) electrons. The van der Waals surface area contributed by atoms with Gasteiger partial charge in [-0.25, -0.2) is 4.98 Å². The molecule has 3 nitrogen and oxygen atoms in total. The number of nitrogens with two attached hydrogens (primary N) is 2. The van der Waals surface area contributed by atoms with Gasteiger partial charge in [-0.15, -0.1) is 11.3 Å². The summed E-state index contributed by atoms with van der Waals surface area (Å²) in [6.07, 6.45) is 1.59. The van der Waals surface area contributed by atoms with Crippen molar-refractivity contribution in [2.24, 2.45) is 0 Å². The van der Waals surface area contributed by atoms with E-state index in [1.54, 1.807) is 17.5 Å². The van der Waals surface area contributed by atoms with Crippen molar-refractivity contribution in [3.05, 3.63) is 17.6 Å². The van der Waals surface area contributed by atoms with Crippen LogP contribution in [0.25, 0.3) is 10.2 Å². The minimum Gasteiger partial charge on any atom is -0.396 e. The van der Waals surface area contributed by atoms with Crippen molar-refractivity contribution in [2.75, 3.05) is 11.5 Å². The minimum absolute atomic E-state index is 0.552. The molecule has 11 heavy (non-hydrogen) atoms. The molecule has 2 aromatic heterocycles. The predicted octanol–water partition coefficient (Wildman–Crippen LogP) is 1.46. The lowest BCUT2D eigenvalue weighted by Gasteiger charge is -1.98. The molecule has 0 bridgehead atoms. The summed E-state index contributed by atoms with van der Waals surface area (Å²) in [6.45, 7) is 0. The Kier molecular flexibility index (Phi) is 1.22. The first-order chi connectivity index (χ1) is 5.29. The Morgan fingerprint density at radius 2 is 2.18 bits per heavy atom. The second-order valence-corrected chi connectivity index (χ2v) is 3.16. The molecule has 2 aromatic rings. The van der Waals surface area contributed by atoms with Crippen LogP contribution in [-0.2, 0) is 0 Å². The molecule has 0 saturated carbocycles. The third-order valence-corrected chi connectivity index (χ3v) is 2.39. The van der Waals surface area contributed by atoms with Crippen LogP contribution in [0, 0.1) is 0 Å². The zero-order valence-corrected chi connectivity index (χ0v) is 6.56. The Balaban J connectivity index is 2.93. The Bertz CT molecular complexity index is 393. The average Bonchev–Trinajstić information content (AvgIpc) is 2.45. The van der Waals surface area contributed by atoms with Crippen molar-refractivity contribution >= 4 is 32.9 Å². The Labute approximate surface area is 67.7 Å². The quantitative estimate of drug-likeness (QED) is 0.621. The zero-order valence-electron chi connectivity index (χ0n) is 5.74. The van der Waals surface area contributed by atoms with Crippen molar-refractivity contribution in [3.63, 3.8) is 0 Å². The van der Waals surface area contributed by atoms with Gasteiger partial charge in [0.2, 0.25) is 0 Å². The first kappa shape index (κ1) is 6.42. The highest BCUT2D eigenvalue weighted by Gasteiger charge is 2.02. The number of fused-ring (bicyclic) bond motifs is 1. The smallest absolute Gasteiger partial charge is 0.125 e. The van der Waals surface area contributed by atoms with Crippen molar-refractivity contribution in [1.29, 1.82) is 0 Å². The standard InChI is InChI=1S/C7H7N3S/c8-5-3-10-7-4(6(5)9)1-2-11-7/h1-3H,8H2,(H2,9,10). The third-order valence-electron chi connectivity index (χ3n) is 1.57. The summed E-state index contributed by atoms with van der Waals surface area (Å²) < 4.78 is 0. The van der Waals surface area contributed by atoms with Gasteiger partial charge < -0.3 is 11.5 Å². The van der Waals surface area contributed by atoms with Gasteiger partial charge in [0.15, 0.2) is 0 Å². The number of rotatable bonds is 0. The normalized spacial score (nSPS) is 10.5. The van der Waals surface area contributed by atoms with Gasteiger partial charge >= 0.3 is 0 Å². The largest absolute Gasteiger partial charge is 0.396 e. The molecule has 0 amide bonds. The fraction of sp³-hybridized carbons (Fsp3) is 0. The SMILES string of the molecule is Nc1cnc2sccc2c1N. The van der Waals surface area contributed by atoms with Crippen LogP contribution in [-0.4, -0.2) is 4.98 Å². The van der Waals surface area contributed by atoms with E-state index in [1.165, 1.54) is 0 Å². The van der Waals surface area contributed by atoms with Gasteiger partial charge in [0, 0.05) is 5.39 Å². The van der Waals surface area contributed by atoms with E-state index in [0.717, 1.165) is 10.2 Å². The summed E-state index contributed by atoms with van der Waals surface area (Å²) >= 11 is 1.56. The molecular weight excluding hydrogens is 158 g/mol. The molecule has 0 unspecified atom stereocenters. The van der Waals surface area contributed by atoms with Crippen LogP contribution in [0.5, 0.6) is 0 Å². The number of nitrogen functional groups attached to an aromatic ring is 2. The summed E-state index contributed by atoms with van der Waals surface area (Å²) in [5.41, 5.74) is 12.5. The molecule has 0 fully saturated rings. The topological polar surface area (TPSA) is 64.9 Å². The highest BCUT2D eigenvalue weighted by atomic mass is 32.1. The molecule has 4 heteroatoms. The number of nitrogens with zero attached hydrogens (tertiary/aromatic N) is 1. The predicted molar refractivity (Wildman–Crippen MR) is 48.4 cm³/mol. The summed E-state index contributed by atoms with van der Waals surface area (Å²) in [5, 5.41) is 2.91. The van der Waals surface area contributed by atoms with Crippen LogP contribution < -0.4 is 11.5 Å². The lowest BCUT2D eigenvalue weighted by atomic mass is 10.3. The molecule has 56 valence electrons. The molecule has 2 heterocycles. The third kappa shape index (κ3) is 0.832. The number of pyridine rings is 1. The monoisotopic (exact) mass is 165 g/mol. The van der Waals surface area contributed by atoms with E-state index < -0.39 is 0 Å². The highest BCUT2D eigenvalue weighted by Crippen LogP contribution is 2.27. The fourth-order valence-electron chi connectivity index (χ4n) is 0.959. The number of aromatic nitrogens is 1. The summed E-state index contributed by atoms with van der Waals surface area (Å²) in [5.74, 6) is 0. The first-order valence-electron chi connectivity index (χ1n) is 3.16. The summed E-state index contributed by atoms with van der Waals surface area (Å²) in [4.78, 5) is 5.06. The van der Waals surface area contributed by atoms with Crippen LogP contribution >= 0.6 is 11.3 Å². The molecule has 0 atom stereocenters. The van der Waals surface area contributed by atoms with Crippen LogP contribution in [0.1, 0.15) is 0 Å². The van der Waals surface area contributed by atoms with Gasteiger partial charge in [-0.1, -0.05) is 0 Å². The average molecular weight is 165 g/mol. The van der Waals surface area contributed by atoms with Gasteiger partial charge in [0.1, 0.15) is 4.83 Å². The summed E-state index contributed by atoms with van der Waals surface area (Å²) in [6, 6.07) is 1.93. The Morgan fingerprint density at radius 1 is 1.36 bits per heavy atom. The maximum Gasteiger partial charge on any atom is 0.125 e. The van der Waals surface area contributed by atoms with Gasteiger partial charge in [-0.3, -0.25) is 0 Å². The maximum atomic E-state index is 5.70. The second-order valence-electron chi connectivity index (χ2n) is 2.27. The first-order valence-corrected chi connectivity index (χ1v) is 4.04. The fourth-order valence-corrected chi connectivity index (χ4v) is 1.71. The van der Waals surface area contributed by atoms with Gasteiger partial charge in [0.25, 0.3) is 0 Å². The maximum absolute atomic E-state index is 5.70. The van der Waals surface area contributed by atoms with Gasteiger partial charge in [-0.05, 0) is 11.4 Å². The lowest BCUT2D eigenvalue weighted by molar-refractivity contribution is 1.45. The molecule has 4 N–H and O–H groups in total. The van der Waals surface area contributed by atoms with Crippen molar-refractivity contribution in [1.82, 2.24) is 4.98 Å². The minimum atomic E-state index is 0.552. The van der Waals surface area contributed by atoms with Gasteiger partial charge in [0.05, 0.1) is 17.6 Å². The van der Waals surface area contributed by atoms with Crippen molar-refractivity contribution in [2.45, 2.75) is 0 Å². The van der Waals surface area contributed by atoms with Gasteiger partial charge in [-0.2, -0.15) is 0 Å². The molecular formula is C7H7N3S. The van der Waals surface area contributed by atoms with E-state index in [-0.39, 0.29) is 0 Å². The lowest BCUT2D eigenvalue weighted by Crippen LogP contribution is -1.95. The molecule has 0 aliphatic rings. The molecule has 2 rings (SSSR count). The number of hydrogen-bond donors (Lipinski definition) is 2. The molecule has 0 aliphatic carbocycles. The van der Waals surface area contributed by atoms with Crippen LogP contribution in [0.4, 0.5) is 11.4 Å². The Hall–Kier alpha value is -1.29. The number of anilines is 2. The summed E-state index contributed by atoms with van der Waals surface area (Å²) in [7, 11) is 0. The van der Waals surface area contributed by atoms with E-state index in [1.807, 2.05) is 11.4 Å². The van der Waals surface area contributed by atoms with Crippen LogP contribution in [0.3, 0.4) is 0 Å². The van der Waals surface area contributed by atoms with E-state index in [2.05, 4.69) is 4.98 Å². The van der Waals surface area contributed by atoms with E-state index >= 15 is 0 Å². The Morgan fingerprint density at radius 3 is 3.00 bits per heavy atom. The molecule has 0 aromatic carbocycles. The van der Waals surface area contributed by atoms with Crippen molar-refractivity contribution in [3.8, 4) is 0 Å². The highest BCUT2D eigenvalue weighted by molar-refractivity contribution is 7.16. The molecule has 0 spiro atoms. The van der Waals surface area contributed by atoms with Crippen LogP contribution in [0.2, 0.25) is 0 Å². The van der Waals surface area contributed by atoms with E-state index in [0.29, 0.717) is 11.4 Å². The molecule has 0 aliphatic heterocycles. The van der Waals surface area contributed by atoms with E-state index in [9.17, 15) is 0 Å². The second kappa shape index (κ2) is 2.10. The number of hydrogen-bond acceptors (Lipinski definition) is 4.